The van der Waals surface area contributed by atoms with Crippen LogP contribution in [0.25, 0.3) is 0 Å². The highest BCUT2D eigenvalue weighted by molar-refractivity contribution is 5.92. The van der Waals surface area contributed by atoms with Crippen molar-refractivity contribution in [1.82, 2.24) is 0 Å². The molecule has 3 unspecified atom stereocenters. The molecule has 2 aliphatic carbocycles. The van der Waals surface area contributed by atoms with E-state index in [4.69, 9.17) is 5.73 Å². The number of nitrogens with zero attached hydrogens (tertiary/aromatic N) is 1. The van der Waals surface area contributed by atoms with Crippen LogP contribution in [0.3, 0.4) is 0 Å². The second-order valence-electron chi connectivity index (χ2n) is 6.47. The molecule has 0 radical (unpaired) electrons. The Hall–Kier alpha value is -2.29. The van der Waals surface area contributed by atoms with Crippen molar-refractivity contribution < 1.29 is 0 Å². The maximum absolute atomic E-state index is 6.00. The van der Waals surface area contributed by atoms with Crippen LogP contribution in [0.2, 0.25) is 0 Å². The van der Waals surface area contributed by atoms with E-state index in [1.165, 1.54) is 23.1 Å². The number of nitrogens with two attached hydrogens (primary N) is 1. The van der Waals surface area contributed by atoms with E-state index in [1.54, 1.807) is 0 Å². The van der Waals surface area contributed by atoms with Gasteiger partial charge in [-0.2, -0.15) is 0 Å². The number of benzene rings is 2. The van der Waals surface area contributed by atoms with Gasteiger partial charge in [0, 0.05) is 12.2 Å². The van der Waals surface area contributed by atoms with E-state index in [0.29, 0.717) is 17.8 Å². The summed E-state index contributed by atoms with van der Waals surface area (Å²) in [7, 11) is 0. The fraction of sp³-hybridized carbons (Fsp3) is 0.316. The lowest BCUT2D eigenvalue weighted by molar-refractivity contribution is 0.701. The van der Waals surface area contributed by atoms with E-state index >= 15 is 0 Å². The second kappa shape index (κ2) is 5.16. The van der Waals surface area contributed by atoms with Crippen LogP contribution < -0.4 is 11.1 Å². The van der Waals surface area contributed by atoms with Gasteiger partial charge in [-0.3, -0.25) is 4.99 Å². The van der Waals surface area contributed by atoms with E-state index in [-0.39, 0.29) is 0 Å². The summed E-state index contributed by atoms with van der Waals surface area (Å²) in [5.74, 6) is 2.69. The lowest BCUT2D eigenvalue weighted by Crippen LogP contribution is -2.23. The smallest absolute Gasteiger partial charge is 0.193 e. The zero-order valence-electron chi connectivity index (χ0n) is 12.8. The third kappa shape index (κ3) is 2.37. The van der Waals surface area contributed by atoms with E-state index in [2.05, 4.69) is 53.6 Å². The lowest BCUT2D eigenvalue weighted by atomic mass is 10.0. The van der Waals surface area contributed by atoms with Crippen molar-refractivity contribution in [1.29, 1.82) is 0 Å². The summed E-state index contributed by atoms with van der Waals surface area (Å²) >= 11 is 0. The average molecular weight is 291 g/mol. The molecule has 0 spiro atoms. The highest BCUT2D eigenvalue weighted by atomic mass is 15.1. The Labute approximate surface area is 131 Å². The van der Waals surface area contributed by atoms with Gasteiger partial charge in [-0.1, -0.05) is 42.0 Å². The van der Waals surface area contributed by atoms with Gasteiger partial charge in [0.25, 0.3) is 0 Å². The Balaban J connectivity index is 1.37. The summed E-state index contributed by atoms with van der Waals surface area (Å²) in [5.41, 5.74) is 11.3. The summed E-state index contributed by atoms with van der Waals surface area (Å²) in [6, 6.07) is 17.0. The van der Waals surface area contributed by atoms with Crippen molar-refractivity contribution in [3.63, 3.8) is 0 Å². The minimum atomic E-state index is 0.516. The first-order valence-corrected chi connectivity index (χ1v) is 7.94. The van der Waals surface area contributed by atoms with Crippen LogP contribution in [0, 0.1) is 18.8 Å². The van der Waals surface area contributed by atoms with Gasteiger partial charge in [0.15, 0.2) is 5.96 Å². The maximum atomic E-state index is 6.00. The Morgan fingerprint density at radius 1 is 1.18 bits per heavy atom. The first-order valence-electron chi connectivity index (χ1n) is 7.94. The van der Waals surface area contributed by atoms with Gasteiger partial charge in [0.05, 0.1) is 0 Å². The number of rotatable bonds is 3. The predicted octanol–water partition coefficient (Wildman–Crippen LogP) is 3.31. The number of anilines is 1. The summed E-state index contributed by atoms with van der Waals surface area (Å²) in [4.78, 5) is 4.54. The van der Waals surface area contributed by atoms with E-state index in [9.17, 15) is 0 Å². The molecule has 2 aliphatic rings. The number of hydrogen-bond acceptors (Lipinski definition) is 1. The summed E-state index contributed by atoms with van der Waals surface area (Å²) < 4.78 is 0. The number of aryl methyl sites for hydroxylation is 1. The molecule has 0 saturated heterocycles. The Bertz CT molecular complexity index is 718. The van der Waals surface area contributed by atoms with Gasteiger partial charge < -0.3 is 11.1 Å². The number of guanidine groups is 1. The van der Waals surface area contributed by atoms with E-state index < -0.39 is 0 Å². The largest absolute Gasteiger partial charge is 0.370 e. The molecule has 2 aromatic carbocycles. The van der Waals surface area contributed by atoms with Crippen LogP contribution in [0.5, 0.6) is 0 Å². The van der Waals surface area contributed by atoms with E-state index in [0.717, 1.165) is 18.2 Å². The van der Waals surface area contributed by atoms with Gasteiger partial charge in [-0.25, -0.2) is 0 Å². The van der Waals surface area contributed by atoms with Crippen molar-refractivity contribution in [3.05, 3.63) is 65.2 Å². The molecule has 0 aliphatic heterocycles. The zero-order valence-corrected chi connectivity index (χ0v) is 12.8. The third-order valence-corrected chi connectivity index (χ3v) is 5.00. The van der Waals surface area contributed by atoms with Crippen molar-refractivity contribution in [2.75, 3.05) is 11.9 Å². The van der Waals surface area contributed by atoms with E-state index in [1.807, 2.05) is 12.1 Å². The highest BCUT2D eigenvalue weighted by Crippen LogP contribution is 2.61. The number of hydrogen-bond donors (Lipinski definition) is 2. The molecular formula is C19H21N3. The van der Waals surface area contributed by atoms with Gasteiger partial charge >= 0.3 is 0 Å². The van der Waals surface area contributed by atoms with Crippen LogP contribution in [0.1, 0.15) is 22.6 Å². The monoisotopic (exact) mass is 291 g/mol. The van der Waals surface area contributed by atoms with Crippen molar-refractivity contribution in [3.8, 4) is 0 Å². The molecular weight excluding hydrogens is 270 g/mol. The molecule has 3 nitrogen and oxygen atoms in total. The van der Waals surface area contributed by atoms with Gasteiger partial charge in [0.2, 0.25) is 0 Å². The minimum absolute atomic E-state index is 0.516. The standard InChI is InChI=1S/C19H21N3/c1-12-6-8-14(9-7-12)22-19(20)21-11-17-16-10-13-4-2-3-5-15(13)18(16)17/h2-9,16-18H,10-11H2,1H3,(H3,20,21,22). The molecule has 22 heavy (non-hydrogen) atoms. The van der Waals surface area contributed by atoms with Crippen LogP contribution >= 0.6 is 0 Å². The molecule has 0 aromatic heterocycles. The number of nitrogens with one attached hydrogen (secondary N) is 1. The Morgan fingerprint density at radius 3 is 2.77 bits per heavy atom. The van der Waals surface area contributed by atoms with Crippen LogP contribution in [-0.2, 0) is 6.42 Å². The van der Waals surface area contributed by atoms with Gasteiger partial charge in [0.1, 0.15) is 0 Å². The highest BCUT2D eigenvalue weighted by Gasteiger charge is 2.54. The number of aliphatic imine (C=N–C) groups is 1. The topological polar surface area (TPSA) is 50.4 Å². The molecule has 0 amide bonds. The third-order valence-electron chi connectivity index (χ3n) is 5.00. The molecule has 0 heterocycles. The summed E-state index contributed by atoms with van der Waals surface area (Å²) in [5, 5.41) is 3.16. The Morgan fingerprint density at radius 2 is 1.95 bits per heavy atom. The molecule has 3 heteroatoms. The fourth-order valence-electron chi connectivity index (χ4n) is 3.76. The number of fused-ring (bicyclic) bond motifs is 3. The van der Waals surface area contributed by atoms with Gasteiger partial charge in [-0.15, -0.1) is 0 Å². The van der Waals surface area contributed by atoms with Crippen LogP contribution in [0.4, 0.5) is 5.69 Å². The molecule has 1 saturated carbocycles. The summed E-state index contributed by atoms with van der Waals surface area (Å²) in [6.45, 7) is 2.90. The molecule has 4 rings (SSSR count). The summed E-state index contributed by atoms with van der Waals surface area (Å²) in [6.07, 6.45) is 1.21. The van der Waals surface area contributed by atoms with Gasteiger partial charge in [-0.05, 0) is 54.4 Å². The Kier molecular flexibility index (Phi) is 3.14. The molecule has 3 atom stereocenters. The van der Waals surface area contributed by atoms with Crippen molar-refractivity contribution in [2.45, 2.75) is 19.3 Å². The molecule has 2 aromatic rings. The maximum Gasteiger partial charge on any atom is 0.193 e. The minimum Gasteiger partial charge on any atom is -0.370 e. The average Bonchev–Trinajstić information content (AvgIpc) is 3.06. The van der Waals surface area contributed by atoms with Crippen LogP contribution in [-0.4, -0.2) is 12.5 Å². The lowest BCUT2D eigenvalue weighted by Gasteiger charge is -2.07. The predicted molar refractivity (Wildman–Crippen MR) is 91.2 cm³/mol. The zero-order chi connectivity index (χ0) is 15.1. The second-order valence-corrected chi connectivity index (χ2v) is 6.47. The molecule has 0 bridgehead atoms. The van der Waals surface area contributed by atoms with Crippen LogP contribution in [0.15, 0.2) is 53.5 Å². The fourth-order valence-corrected chi connectivity index (χ4v) is 3.76. The molecule has 3 N–H and O–H groups in total. The SMILES string of the molecule is Cc1ccc(NC(N)=NCC2C3Cc4ccccc4C23)cc1. The normalized spacial score (nSPS) is 25.5. The molecule has 1 fully saturated rings. The first kappa shape index (κ1) is 13.4. The first-order chi connectivity index (χ1) is 10.7. The van der Waals surface area contributed by atoms with Crippen molar-refractivity contribution in [2.24, 2.45) is 22.6 Å². The quantitative estimate of drug-likeness (QED) is 0.673. The molecule has 112 valence electrons. The van der Waals surface area contributed by atoms with Crippen molar-refractivity contribution >= 4 is 11.6 Å².